The lowest BCUT2D eigenvalue weighted by Gasteiger charge is -2.10. The van der Waals surface area contributed by atoms with Crippen LogP contribution in [0.5, 0.6) is 0 Å². The molecule has 0 saturated carbocycles. The van der Waals surface area contributed by atoms with E-state index in [-0.39, 0.29) is 6.04 Å². The monoisotopic (exact) mass is 281 g/mol. The van der Waals surface area contributed by atoms with E-state index in [0.29, 0.717) is 15.9 Å². The highest BCUT2D eigenvalue weighted by molar-refractivity contribution is 6.35. The van der Waals surface area contributed by atoms with Gasteiger partial charge in [-0.3, -0.25) is 0 Å². The van der Waals surface area contributed by atoms with E-state index in [9.17, 15) is 0 Å². The third kappa shape index (κ3) is 2.80. The number of rotatable bonds is 2. The summed E-state index contributed by atoms with van der Waals surface area (Å²) in [6.45, 7) is 3.82. The van der Waals surface area contributed by atoms with Gasteiger partial charge in [-0.1, -0.05) is 23.2 Å². The Balaban J connectivity index is 2.48. The number of aromatic nitrogens is 2. The van der Waals surface area contributed by atoms with Crippen LogP contribution >= 0.6 is 23.2 Å². The molecule has 3 nitrogen and oxygen atoms in total. The van der Waals surface area contributed by atoms with Crippen molar-refractivity contribution < 1.29 is 0 Å². The van der Waals surface area contributed by atoms with Crippen molar-refractivity contribution in [1.29, 1.82) is 0 Å². The molecule has 0 radical (unpaired) electrons. The number of halogens is 2. The molecule has 1 unspecified atom stereocenters. The van der Waals surface area contributed by atoms with Crippen molar-refractivity contribution >= 4 is 23.2 Å². The van der Waals surface area contributed by atoms with Crippen molar-refractivity contribution in [2.24, 2.45) is 5.73 Å². The van der Waals surface area contributed by atoms with Crippen LogP contribution in [0.1, 0.15) is 24.2 Å². The second-order valence-electron chi connectivity index (χ2n) is 4.18. The summed E-state index contributed by atoms with van der Waals surface area (Å²) in [7, 11) is 0. The molecular weight excluding hydrogens is 269 g/mol. The van der Waals surface area contributed by atoms with Crippen LogP contribution in [0, 0.1) is 6.92 Å². The van der Waals surface area contributed by atoms with Crippen molar-refractivity contribution in [3.05, 3.63) is 45.7 Å². The van der Waals surface area contributed by atoms with Crippen LogP contribution in [0.2, 0.25) is 10.0 Å². The maximum absolute atomic E-state index is 5.96. The smallest absolute Gasteiger partial charge is 0.159 e. The topological polar surface area (TPSA) is 51.8 Å². The number of hydrogen-bond donors (Lipinski definition) is 1. The molecule has 0 saturated heterocycles. The lowest BCUT2D eigenvalue weighted by molar-refractivity contribution is 0.790. The van der Waals surface area contributed by atoms with Gasteiger partial charge in [-0.2, -0.15) is 0 Å². The summed E-state index contributed by atoms with van der Waals surface area (Å²) in [6.07, 6.45) is 1.75. The molecule has 1 aromatic carbocycles. The molecule has 0 aliphatic carbocycles. The van der Waals surface area contributed by atoms with Crippen LogP contribution in [0.25, 0.3) is 11.4 Å². The minimum Gasteiger partial charge on any atom is -0.324 e. The fraction of sp³-hybridized carbons (Fsp3) is 0.231. The Kier molecular flexibility index (Phi) is 3.85. The zero-order chi connectivity index (χ0) is 13.3. The van der Waals surface area contributed by atoms with E-state index in [1.807, 2.05) is 13.8 Å². The van der Waals surface area contributed by atoms with Crippen molar-refractivity contribution in [2.75, 3.05) is 0 Å². The molecule has 2 N–H and O–H groups in total. The first-order valence-corrected chi connectivity index (χ1v) is 6.28. The largest absolute Gasteiger partial charge is 0.324 e. The SMILES string of the molecule is Cc1nc(-c2cc(Cl)cc(Cl)c2)ncc1C(C)N. The van der Waals surface area contributed by atoms with Gasteiger partial charge >= 0.3 is 0 Å². The van der Waals surface area contributed by atoms with Gasteiger partial charge in [0.2, 0.25) is 0 Å². The maximum atomic E-state index is 5.96. The molecule has 0 amide bonds. The first-order valence-electron chi connectivity index (χ1n) is 5.53. The molecule has 1 atom stereocenters. The highest BCUT2D eigenvalue weighted by atomic mass is 35.5. The van der Waals surface area contributed by atoms with Crippen LogP contribution in [0.3, 0.4) is 0 Å². The molecule has 2 aromatic rings. The standard InChI is InChI=1S/C13H13Cl2N3/c1-7(16)12-6-17-13(18-8(12)2)9-3-10(14)5-11(15)4-9/h3-7H,16H2,1-2H3. The Morgan fingerprint density at radius 3 is 2.28 bits per heavy atom. The molecule has 0 aliphatic heterocycles. The van der Waals surface area contributed by atoms with Gasteiger partial charge in [0, 0.05) is 39.1 Å². The predicted octanol–water partition coefficient (Wildman–Crippen LogP) is 3.78. The highest BCUT2D eigenvalue weighted by Crippen LogP contribution is 2.25. The number of benzene rings is 1. The van der Waals surface area contributed by atoms with E-state index < -0.39 is 0 Å². The number of hydrogen-bond acceptors (Lipinski definition) is 3. The summed E-state index contributed by atoms with van der Waals surface area (Å²) < 4.78 is 0. The average molecular weight is 282 g/mol. The third-order valence-electron chi connectivity index (χ3n) is 2.63. The number of aryl methyl sites for hydroxylation is 1. The van der Waals surface area contributed by atoms with Gasteiger partial charge in [-0.25, -0.2) is 9.97 Å². The van der Waals surface area contributed by atoms with Gasteiger partial charge in [0.15, 0.2) is 5.82 Å². The maximum Gasteiger partial charge on any atom is 0.159 e. The van der Waals surface area contributed by atoms with Crippen molar-refractivity contribution in [3.8, 4) is 11.4 Å². The van der Waals surface area contributed by atoms with Gasteiger partial charge in [0.1, 0.15) is 0 Å². The van der Waals surface area contributed by atoms with E-state index >= 15 is 0 Å². The zero-order valence-electron chi connectivity index (χ0n) is 10.1. The van der Waals surface area contributed by atoms with E-state index in [1.165, 1.54) is 0 Å². The molecule has 94 valence electrons. The van der Waals surface area contributed by atoms with Gasteiger partial charge in [-0.05, 0) is 32.0 Å². The third-order valence-corrected chi connectivity index (χ3v) is 3.07. The molecule has 0 bridgehead atoms. The predicted molar refractivity (Wildman–Crippen MR) is 74.8 cm³/mol. The summed E-state index contributed by atoms with van der Waals surface area (Å²) in [5, 5.41) is 1.13. The molecule has 18 heavy (non-hydrogen) atoms. The van der Waals surface area contributed by atoms with Crippen molar-refractivity contribution in [3.63, 3.8) is 0 Å². The number of nitrogens with zero attached hydrogens (tertiary/aromatic N) is 2. The molecule has 1 aromatic heterocycles. The Morgan fingerprint density at radius 1 is 1.17 bits per heavy atom. The van der Waals surface area contributed by atoms with E-state index in [0.717, 1.165) is 16.8 Å². The molecular formula is C13H13Cl2N3. The van der Waals surface area contributed by atoms with Gasteiger partial charge in [-0.15, -0.1) is 0 Å². The zero-order valence-corrected chi connectivity index (χ0v) is 11.6. The Labute approximate surface area is 116 Å². The summed E-state index contributed by atoms with van der Waals surface area (Å²) in [5.74, 6) is 0.598. The highest BCUT2D eigenvalue weighted by Gasteiger charge is 2.09. The van der Waals surface area contributed by atoms with Crippen LogP contribution < -0.4 is 5.73 Å². The summed E-state index contributed by atoms with van der Waals surface area (Å²) in [5.41, 5.74) is 8.43. The molecule has 0 aliphatic rings. The van der Waals surface area contributed by atoms with Crippen LogP contribution in [-0.2, 0) is 0 Å². The fourth-order valence-corrected chi connectivity index (χ4v) is 2.27. The van der Waals surface area contributed by atoms with E-state index in [4.69, 9.17) is 28.9 Å². The van der Waals surface area contributed by atoms with Gasteiger partial charge in [0.25, 0.3) is 0 Å². The summed E-state index contributed by atoms with van der Waals surface area (Å²) >= 11 is 11.9. The quantitative estimate of drug-likeness (QED) is 0.912. The minimum atomic E-state index is -0.0815. The molecule has 2 rings (SSSR count). The van der Waals surface area contributed by atoms with E-state index in [2.05, 4.69) is 9.97 Å². The van der Waals surface area contributed by atoms with Gasteiger partial charge in [0.05, 0.1) is 0 Å². The van der Waals surface area contributed by atoms with Crippen LogP contribution in [-0.4, -0.2) is 9.97 Å². The summed E-state index contributed by atoms with van der Waals surface area (Å²) in [6, 6.07) is 5.17. The number of nitrogens with two attached hydrogens (primary N) is 1. The Morgan fingerprint density at radius 2 is 1.78 bits per heavy atom. The average Bonchev–Trinajstić information content (AvgIpc) is 2.26. The van der Waals surface area contributed by atoms with Crippen molar-refractivity contribution in [1.82, 2.24) is 9.97 Å². The second kappa shape index (κ2) is 5.22. The van der Waals surface area contributed by atoms with E-state index in [1.54, 1.807) is 24.4 Å². The lowest BCUT2D eigenvalue weighted by atomic mass is 10.1. The lowest BCUT2D eigenvalue weighted by Crippen LogP contribution is -2.09. The Hall–Kier alpha value is -1.16. The molecule has 1 heterocycles. The first kappa shape index (κ1) is 13.3. The first-order chi connectivity index (χ1) is 8.47. The normalized spacial score (nSPS) is 12.5. The van der Waals surface area contributed by atoms with Crippen LogP contribution in [0.4, 0.5) is 0 Å². The summed E-state index contributed by atoms with van der Waals surface area (Å²) in [4.78, 5) is 8.74. The second-order valence-corrected chi connectivity index (χ2v) is 5.05. The fourth-order valence-electron chi connectivity index (χ4n) is 1.75. The molecule has 0 spiro atoms. The molecule has 0 fully saturated rings. The molecule has 5 heteroatoms. The minimum absolute atomic E-state index is 0.0815. The Bertz CT molecular complexity index is 562. The van der Waals surface area contributed by atoms with Gasteiger partial charge < -0.3 is 5.73 Å². The van der Waals surface area contributed by atoms with Crippen LogP contribution in [0.15, 0.2) is 24.4 Å². The van der Waals surface area contributed by atoms with Crippen molar-refractivity contribution in [2.45, 2.75) is 19.9 Å².